The van der Waals surface area contributed by atoms with Gasteiger partial charge in [-0.1, -0.05) is 39.3 Å². The maximum Gasteiger partial charge on any atom is 0.118 e. The van der Waals surface area contributed by atoms with Gasteiger partial charge in [0.15, 0.2) is 0 Å². The summed E-state index contributed by atoms with van der Waals surface area (Å²) in [7, 11) is 1.70. The number of benzene rings is 1. The van der Waals surface area contributed by atoms with Gasteiger partial charge < -0.3 is 10.1 Å². The van der Waals surface area contributed by atoms with Gasteiger partial charge in [0.1, 0.15) is 5.75 Å². The number of hydrogen-bond acceptors (Lipinski definition) is 2. The van der Waals surface area contributed by atoms with E-state index < -0.39 is 0 Å². The third-order valence-corrected chi connectivity index (χ3v) is 3.98. The predicted octanol–water partition coefficient (Wildman–Crippen LogP) is 4.56. The molecule has 1 rings (SSSR count). The normalized spacial score (nSPS) is 15.8. The molecule has 0 aromatic heterocycles. The van der Waals surface area contributed by atoms with Crippen LogP contribution in [0.5, 0.6) is 5.75 Å². The van der Waals surface area contributed by atoms with Gasteiger partial charge in [0, 0.05) is 12.1 Å². The average molecular weight is 263 g/mol. The highest BCUT2D eigenvalue weighted by Gasteiger charge is 2.14. The molecule has 0 aliphatic heterocycles. The Kier molecular flexibility index (Phi) is 6.93. The second kappa shape index (κ2) is 8.21. The minimum absolute atomic E-state index is 0.389. The molecule has 0 fully saturated rings. The third-order valence-electron chi connectivity index (χ3n) is 3.98. The molecule has 108 valence electrons. The van der Waals surface area contributed by atoms with E-state index in [-0.39, 0.29) is 0 Å². The van der Waals surface area contributed by atoms with Gasteiger partial charge >= 0.3 is 0 Å². The van der Waals surface area contributed by atoms with Crippen molar-refractivity contribution < 1.29 is 4.74 Å². The maximum absolute atomic E-state index is 5.20. The first kappa shape index (κ1) is 16.0. The molecule has 1 N–H and O–H groups in total. The highest BCUT2D eigenvalue weighted by molar-refractivity contribution is 5.28. The summed E-state index contributed by atoms with van der Waals surface area (Å²) in [4.78, 5) is 0. The van der Waals surface area contributed by atoms with Crippen molar-refractivity contribution in [3.8, 4) is 5.75 Å². The largest absolute Gasteiger partial charge is 0.497 e. The van der Waals surface area contributed by atoms with Gasteiger partial charge in [-0.2, -0.15) is 0 Å². The van der Waals surface area contributed by atoms with Crippen molar-refractivity contribution in [3.63, 3.8) is 0 Å². The summed E-state index contributed by atoms with van der Waals surface area (Å²) in [5, 5.41) is 3.74. The molecule has 0 aliphatic rings. The minimum Gasteiger partial charge on any atom is -0.497 e. The van der Waals surface area contributed by atoms with Gasteiger partial charge in [-0.3, -0.25) is 0 Å². The number of rotatable bonds is 8. The standard InChI is InChI=1S/C17H29NO/c1-6-13(3)12-16(7-2)18-14(4)15-8-10-17(19-5)11-9-15/h8-11,13-14,16,18H,6-7,12H2,1-5H3/t13?,14-,16?/m1/s1. The zero-order chi connectivity index (χ0) is 14.3. The molecule has 1 aromatic carbocycles. The van der Waals surface area contributed by atoms with Crippen molar-refractivity contribution in [2.45, 2.75) is 59.0 Å². The zero-order valence-electron chi connectivity index (χ0n) is 13.1. The lowest BCUT2D eigenvalue weighted by atomic mass is 9.96. The van der Waals surface area contributed by atoms with Crippen molar-refractivity contribution in [1.29, 1.82) is 0 Å². The van der Waals surface area contributed by atoms with Crippen molar-refractivity contribution >= 4 is 0 Å². The van der Waals surface area contributed by atoms with E-state index in [1.165, 1.54) is 24.8 Å². The number of ether oxygens (including phenoxy) is 1. The maximum atomic E-state index is 5.20. The Labute approximate surface area is 118 Å². The minimum atomic E-state index is 0.389. The summed E-state index contributed by atoms with van der Waals surface area (Å²) in [5.74, 6) is 1.71. The molecular weight excluding hydrogens is 234 g/mol. The lowest BCUT2D eigenvalue weighted by molar-refractivity contribution is 0.358. The van der Waals surface area contributed by atoms with Crippen molar-refractivity contribution in [2.24, 2.45) is 5.92 Å². The third kappa shape index (κ3) is 5.23. The fraction of sp³-hybridized carbons (Fsp3) is 0.647. The first-order valence-corrected chi connectivity index (χ1v) is 7.50. The highest BCUT2D eigenvalue weighted by atomic mass is 16.5. The fourth-order valence-corrected chi connectivity index (χ4v) is 2.35. The number of methoxy groups -OCH3 is 1. The Bertz CT molecular complexity index is 347. The van der Waals surface area contributed by atoms with E-state index in [4.69, 9.17) is 4.74 Å². The van der Waals surface area contributed by atoms with Crippen LogP contribution < -0.4 is 10.1 Å². The molecule has 2 nitrogen and oxygen atoms in total. The van der Waals surface area contributed by atoms with E-state index in [0.717, 1.165) is 11.7 Å². The summed E-state index contributed by atoms with van der Waals surface area (Å²) in [6, 6.07) is 9.34. The van der Waals surface area contributed by atoms with Crippen LogP contribution in [0.3, 0.4) is 0 Å². The average Bonchev–Trinajstić information content (AvgIpc) is 2.46. The molecule has 0 radical (unpaired) electrons. The van der Waals surface area contributed by atoms with Crippen molar-refractivity contribution in [3.05, 3.63) is 29.8 Å². The molecule has 0 aliphatic carbocycles. The molecule has 0 saturated heterocycles. The highest BCUT2D eigenvalue weighted by Crippen LogP contribution is 2.20. The monoisotopic (exact) mass is 263 g/mol. The summed E-state index contributed by atoms with van der Waals surface area (Å²) in [6.07, 6.45) is 3.70. The van der Waals surface area contributed by atoms with Crippen LogP contribution in [-0.4, -0.2) is 13.2 Å². The van der Waals surface area contributed by atoms with Crippen LogP contribution in [0.15, 0.2) is 24.3 Å². The molecule has 1 aromatic rings. The first-order valence-electron chi connectivity index (χ1n) is 7.50. The molecule has 2 unspecified atom stereocenters. The van der Waals surface area contributed by atoms with Gasteiger partial charge in [0.25, 0.3) is 0 Å². The Balaban J connectivity index is 2.57. The molecule has 3 atom stereocenters. The first-order chi connectivity index (χ1) is 9.10. The summed E-state index contributed by atoms with van der Waals surface area (Å²) in [6.45, 7) is 9.11. The molecule has 0 bridgehead atoms. The quantitative estimate of drug-likeness (QED) is 0.742. The summed E-state index contributed by atoms with van der Waals surface area (Å²) in [5.41, 5.74) is 1.32. The second-order valence-corrected chi connectivity index (χ2v) is 5.52. The topological polar surface area (TPSA) is 21.3 Å². The van der Waals surface area contributed by atoms with Crippen molar-refractivity contribution in [1.82, 2.24) is 5.32 Å². The van der Waals surface area contributed by atoms with Gasteiger partial charge in [0.2, 0.25) is 0 Å². The van der Waals surface area contributed by atoms with Gasteiger partial charge in [-0.05, 0) is 43.4 Å². The smallest absolute Gasteiger partial charge is 0.118 e. The lowest BCUT2D eigenvalue weighted by Crippen LogP contribution is -2.32. The van der Waals surface area contributed by atoms with Crippen LogP contribution in [-0.2, 0) is 0 Å². The van der Waals surface area contributed by atoms with E-state index >= 15 is 0 Å². The Morgan fingerprint density at radius 2 is 1.68 bits per heavy atom. The molecule has 0 spiro atoms. The van der Waals surface area contributed by atoms with E-state index in [0.29, 0.717) is 12.1 Å². The van der Waals surface area contributed by atoms with Gasteiger partial charge in [0.05, 0.1) is 7.11 Å². The lowest BCUT2D eigenvalue weighted by Gasteiger charge is -2.25. The summed E-state index contributed by atoms with van der Waals surface area (Å²) >= 11 is 0. The fourth-order valence-electron chi connectivity index (χ4n) is 2.35. The van der Waals surface area contributed by atoms with E-state index in [1.54, 1.807) is 7.11 Å². The second-order valence-electron chi connectivity index (χ2n) is 5.52. The van der Waals surface area contributed by atoms with Crippen LogP contribution in [0, 0.1) is 5.92 Å². The van der Waals surface area contributed by atoms with Crippen LogP contribution >= 0.6 is 0 Å². The Morgan fingerprint density at radius 3 is 2.16 bits per heavy atom. The van der Waals surface area contributed by atoms with E-state index in [2.05, 4.69) is 45.1 Å². The molecule has 0 saturated carbocycles. The van der Waals surface area contributed by atoms with Gasteiger partial charge in [-0.25, -0.2) is 0 Å². The van der Waals surface area contributed by atoms with E-state index in [1.807, 2.05) is 12.1 Å². The van der Waals surface area contributed by atoms with Gasteiger partial charge in [-0.15, -0.1) is 0 Å². The molecule has 2 heteroatoms. The van der Waals surface area contributed by atoms with Crippen molar-refractivity contribution in [2.75, 3.05) is 7.11 Å². The zero-order valence-corrected chi connectivity index (χ0v) is 13.1. The van der Waals surface area contributed by atoms with E-state index in [9.17, 15) is 0 Å². The molecule has 0 heterocycles. The van der Waals surface area contributed by atoms with Crippen LogP contribution in [0.4, 0.5) is 0 Å². The number of hydrogen-bond donors (Lipinski definition) is 1. The van der Waals surface area contributed by atoms with Crippen LogP contribution in [0.1, 0.15) is 58.6 Å². The van der Waals surface area contributed by atoms with Crippen LogP contribution in [0.2, 0.25) is 0 Å². The number of nitrogens with one attached hydrogen (secondary N) is 1. The summed E-state index contributed by atoms with van der Waals surface area (Å²) < 4.78 is 5.20. The predicted molar refractivity (Wildman–Crippen MR) is 82.7 cm³/mol. The molecule has 19 heavy (non-hydrogen) atoms. The van der Waals surface area contributed by atoms with Crippen LogP contribution in [0.25, 0.3) is 0 Å². The SMILES string of the molecule is CCC(C)CC(CC)N[C@H](C)c1ccc(OC)cc1. The Hall–Kier alpha value is -1.02. The Morgan fingerprint density at radius 1 is 1.05 bits per heavy atom. The molecular formula is C17H29NO. The molecule has 0 amide bonds.